The fourth-order valence-electron chi connectivity index (χ4n) is 1.53. The molecular formula is C11H13N3O. The zero-order valence-corrected chi connectivity index (χ0v) is 8.77. The Hall–Kier alpha value is -1.97. The number of imidazole rings is 1. The van der Waals surface area contributed by atoms with Crippen LogP contribution in [0.5, 0.6) is 6.01 Å². The summed E-state index contributed by atoms with van der Waals surface area (Å²) in [6.45, 7) is 2.03. The van der Waals surface area contributed by atoms with Gasteiger partial charge in [0.15, 0.2) is 0 Å². The van der Waals surface area contributed by atoms with Crippen LogP contribution in [0.15, 0.2) is 30.5 Å². The van der Waals surface area contributed by atoms with E-state index in [2.05, 4.69) is 4.98 Å². The summed E-state index contributed by atoms with van der Waals surface area (Å²) < 4.78 is 6.99. The zero-order valence-electron chi connectivity index (χ0n) is 8.77. The number of nitrogens with two attached hydrogens (primary N) is 1. The molecule has 2 N–H and O–H groups in total. The lowest BCUT2D eigenvalue weighted by Crippen LogP contribution is -1.98. The highest BCUT2D eigenvalue weighted by Crippen LogP contribution is 2.21. The molecule has 0 saturated heterocycles. The van der Waals surface area contributed by atoms with Crippen molar-refractivity contribution in [2.24, 2.45) is 0 Å². The minimum atomic E-state index is 0.454. The van der Waals surface area contributed by atoms with E-state index in [1.165, 1.54) is 0 Å². The number of rotatable bonds is 2. The number of nitrogen functional groups attached to an aromatic ring is 1. The smallest absolute Gasteiger partial charge is 0.302 e. The van der Waals surface area contributed by atoms with Crippen LogP contribution in [0.1, 0.15) is 5.56 Å². The van der Waals surface area contributed by atoms with E-state index in [-0.39, 0.29) is 0 Å². The molecule has 4 heteroatoms. The molecule has 1 heterocycles. The summed E-state index contributed by atoms with van der Waals surface area (Å²) >= 11 is 0. The van der Waals surface area contributed by atoms with E-state index in [4.69, 9.17) is 10.5 Å². The fraction of sp³-hybridized carbons (Fsp3) is 0.182. The van der Waals surface area contributed by atoms with Gasteiger partial charge in [-0.05, 0) is 18.6 Å². The number of hydrogen-bond acceptors (Lipinski definition) is 3. The Morgan fingerprint density at radius 3 is 2.73 bits per heavy atom. The van der Waals surface area contributed by atoms with Crippen molar-refractivity contribution in [2.45, 2.75) is 6.92 Å². The largest absolute Gasteiger partial charge is 0.468 e. The number of aromatic nitrogens is 2. The molecule has 4 nitrogen and oxygen atoms in total. The van der Waals surface area contributed by atoms with Gasteiger partial charge in [0.25, 0.3) is 0 Å². The number of ether oxygens (including phenoxy) is 1. The Labute approximate surface area is 88.3 Å². The van der Waals surface area contributed by atoms with Crippen LogP contribution in [0.3, 0.4) is 0 Å². The first-order chi connectivity index (χ1) is 7.22. The second-order valence-corrected chi connectivity index (χ2v) is 3.31. The number of methoxy groups -OCH3 is 1. The highest BCUT2D eigenvalue weighted by molar-refractivity contribution is 5.45. The molecule has 0 radical (unpaired) electrons. The van der Waals surface area contributed by atoms with Gasteiger partial charge in [-0.3, -0.25) is 4.57 Å². The van der Waals surface area contributed by atoms with Crippen molar-refractivity contribution >= 4 is 5.82 Å². The Morgan fingerprint density at radius 2 is 2.07 bits per heavy atom. The third-order valence-corrected chi connectivity index (χ3v) is 2.25. The van der Waals surface area contributed by atoms with Crippen molar-refractivity contribution in [1.82, 2.24) is 9.55 Å². The van der Waals surface area contributed by atoms with Crippen LogP contribution < -0.4 is 10.5 Å². The van der Waals surface area contributed by atoms with Gasteiger partial charge < -0.3 is 10.5 Å². The van der Waals surface area contributed by atoms with Crippen LogP contribution >= 0.6 is 0 Å². The molecule has 0 aliphatic carbocycles. The summed E-state index contributed by atoms with van der Waals surface area (Å²) in [6, 6.07) is 8.50. The standard InChI is InChI=1S/C11H13N3O/c1-8-5-3-4-6-9(8)14-7-10(12)13-11(14)15-2/h3-7H,12H2,1-2H3. The summed E-state index contributed by atoms with van der Waals surface area (Å²) in [5.41, 5.74) is 7.80. The highest BCUT2D eigenvalue weighted by Gasteiger charge is 2.09. The molecule has 78 valence electrons. The molecule has 0 fully saturated rings. The second-order valence-electron chi connectivity index (χ2n) is 3.31. The molecule has 0 aliphatic heterocycles. The van der Waals surface area contributed by atoms with Crippen molar-refractivity contribution in [3.63, 3.8) is 0 Å². The number of hydrogen-bond donors (Lipinski definition) is 1. The third-order valence-electron chi connectivity index (χ3n) is 2.25. The van der Waals surface area contributed by atoms with Crippen LogP contribution in [-0.4, -0.2) is 16.7 Å². The maximum atomic E-state index is 5.63. The van der Waals surface area contributed by atoms with Gasteiger partial charge in [0.1, 0.15) is 5.82 Å². The maximum Gasteiger partial charge on any atom is 0.302 e. The van der Waals surface area contributed by atoms with Gasteiger partial charge >= 0.3 is 6.01 Å². The normalized spacial score (nSPS) is 10.3. The molecule has 0 atom stereocenters. The lowest BCUT2D eigenvalue weighted by atomic mass is 10.2. The quantitative estimate of drug-likeness (QED) is 0.809. The Bertz CT molecular complexity index is 476. The van der Waals surface area contributed by atoms with Gasteiger partial charge in [-0.15, -0.1) is 0 Å². The monoisotopic (exact) mass is 203 g/mol. The molecule has 0 bridgehead atoms. The van der Waals surface area contributed by atoms with Crippen LogP contribution in [0.4, 0.5) is 5.82 Å². The summed E-state index contributed by atoms with van der Waals surface area (Å²) in [5.74, 6) is 0.454. The van der Waals surface area contributed by atoms with Crippen molar-refractivity contribution in [3.05, 3.63) is 36.0 Å². The minimum Gasteiger partial charge on any atom is -0.468 e. The first-order valence-corrected chi connectivity index (χ1v) is 4.67. The topological polar surface area (TPSA) is 53.1 Å². The first-order valence-electron chi connectivity index (χ1n) is 4.67. The molecule has 1 aromatic heterocycles. The van der Waals surface area contributed by atoms with Crippen LogP contribution in [0.25, 0.3) is 5.69 Å². The van der Waals surface area contributed by atoms with Gasteiger partial charge in [-0.2, -0.15) is 4.98 Å². The average molecular weight is 203 g/mol. The van der Waals surface area contributed by atoms with Gasteiger partial charge in [0, 0.05) is 0 Å². The Morgan fingerprint density at radius 1 is 1.33 bits per heavy atom. The van der Waals surface area contributed by atoms with Crippen molar-refractivity contribution < 1.29 is 4.74 Å². The minimum absolute atomic E-state index is 0.454. The molecule has 15 heavy (non-hydrogen) atoms. The fourth-order valence-corrected chi connectivity index (χ4v) is 1.53. The number of para-hydroxylation sites is 1. The molecule has 0 unspecified atom stereocenters. The Balaban J connectivity index is 2.58. The van der Waals surface area contributed by atoms with Gasteiger partial charge in [-0.25, -0.2) is 0 Å². The van der Waals surface area contributed by atoms with E-state index in [9.17, 15) is 0 Å². The van der Waals surface area contributed by atoms with Crippen LogP contribution in [-0.2, 0) is 0 Å². The highest BCUT2D eigenvalue weighted by atomic mass is 16.5. The van der Waals surface area contributed by atoms with E-state index in [1.807, 2.05) is 35.8 Å². The molecule has 0 saturated carbocycles. The molecule has 0 aliphatic rings. The number of aryl methyl sites for hydroxylation is 1. The summed E-state index contributed by atoms with van der Waals surface area (Å²) in [5, 5.41) is 0. The lowest BCUT2D eigenvalue weighted by molar-refractivity contribution is 0.374. The van der Waals surface area contributed by atoms with E-state index >= 15 is 0 Å². The molecule has 2 aromatic rings. The summed E-state index contributed by atoms with van der Waals surface area (Å²) in [6.07, 6.45) is 1.75. The SMILES string of the molecule is COc1nc(N)cn1-c1ccccc1C. The number of anilines is 1. The van der Waals surface area contributed by atoms with E-state index < -0.39 is 0 Å². The molecule has 2 rings (SSSR count). The second kappa shape index (κ2) is 3.65. The third kappa shape index (κ3) is 1.66. The van der Waals surface area contributed by atoms with Gasteiger partial charge in [0.2, 0.25) is 0 Å². The van der Waals surface area contributed by atoms with Gasteiger partial charge in [0.05, 0.1) is 19.0 Å². The summed E-state index contributed by atoms with van der Waals surface area (Å²) in [4.78, 5) is 4.07. The van der Waals surface area contributed by atoms with Crippen LogP contribution in [0.2, 0.25) is 0 Å². The number of nitrogens with zero attached hydrogens (tertiary/aromatic N) is 2. The maximum absolute atomic E-state index is 5.63. The molecule has 0 spiro atoms. The van der Waals surface area contributed by atoms with Crippen molar-refractivity contribution in [3.8, 4) is 11.7 Å². The van der Waals surface area contributed by atoms with Gasteiger partial charge in [-0.1, -0.05) is 18.2 Å². The molecular weight excluding hydrogens is 190 g/mol. The predicted molar refractivity (Wildman–Crippen MR) is 59.3 cm³/mol. The van der Waals surface area contributed by atoms with Crippen molar-refractivity contribution in [2.75, 3.05) is 12.8 Å². The average Bonchev–Trinajstić information content (AvgIpc) is 2.60. The van der Waals surface area contributed by atoms with E-state index in [1.54, 1.807) is 13.3 Å². The first kappa shape index (κ1) is 9.58. The zero-order chi connectivity index (χ0) is 10.8. The Kier molecular flexibility index (Phi) is 2.33. The van der Waals surface area contributed by atoms with Crippen molar-refractivity contribution in [1.29, 1.82) is 0 Å². The summed E-state index contributed by atoms with van der Waals surface area (Å²) in [7, 11) is 1.58. The molecule has 1 aromatic carbocycles. The number of benzene rings is 1. The van der Waals surface area contributed by atoms with E-state index in [0.29, 0.717) is 11.8 Å². The van der Waals surface area contributed by atoms with E-state index in [0.717, 1.165) is 11.3 Å². The van der Waals surface area contributed by atoms with Crippen LogP contribution in [0, 0.1) is 6.92 Å². The lowest BCUT2D eigenvalue weighted by Gasteiger charge is -2.08. The predicted octanol–water partition coefficient (Wildman–Crippen LogP) is 1.77. The molecule has 0 amide bonds.